The Hall–Kier alpha value is -4.75. The molecule has 3 saturated carbocycles. The summed E-state index contributed by atoms with van der Waals surface area (Å²) in [6, 6.07) is 13.6. The van der Waals surface area contributed by atoms with E-state index in [4.69, 9.17) is 23.3 Å². The van der Waals surface area contributed by atoms with E-state index < -0.39 is 5.41 Å². The number of nitrogens with zero attached hydrogens (tertiary/aromatic N) is 5. The van der Waals surface area contributed by atoms with Gasteiger partial charge in [-0.05, 0) is 74.4 Å². The van der Waals surface area contributed by atoms with Crippen molar-refractivity contribution in [2.75, 3.05) is 56.9 Å². The van der Waals surface area contributed by atoms with Crippen molar-refractivity contribution < 1.29 is 9.59 Å². The summed E-state index contributed by atoms with van der Waals surface area (Å²) < 4.78 is 0. The van der Waals surface area contributed by atoms with Crippen LogP contribution in [0.1, 0.15) is 55.2 Å². The van der Waals surface area contributed by atoms with Crippen LogP contribution in [0.5, 0.6) is 0 Å². The largest absolute Gasteiger partial charge is 0.398 e. The molecule has 3 aliphatic heterocycles. The van der Waals surface area contributed by atoms with Gasteiger partial charge in [-0.25, -0.2) is 4.99 Å². The maximum absolute atomic E-state index is 13.9. The number of nitrogens with two attached hydrogens (primary N) is 2. The number of hydrogen-bond donors (Lipinski definition) is 3. The molecule has 47 heavy (non-hydrogen) atoms. The number of amides is 2. The Kier molecular flexibility index (Phi) is 7.55. The molecule has 0 unspecified atom stereocenters. The first-order chi connectivity index (χ1) is 22.6. The molecule has 242 valence electrons. The quantitative estimate of drug-likeness (QED) is 0.177. The van der Waals surface area contributed by atoms with Crippen molar-refractivity contribution >= 4 is 46.6 Å². The number of benzene rings is 2. The third-order valence-corrected chi connectivity index (χ3v) is 11.2. The summed E-state index contributed by atoms with van der Waals surface area (Å²) in [5.74, 6) is 3.53. The number of terminal acetylenes is 1. The van der Waals surface area contributed by atoms with E-state index in [0.717, 1.165) is 61.9 Å². The molecule has 5 N–H and O–H groups in total. The Morgan fingerprint density at radius 3 is 2.53 bits per heavy atom. The number of aliphatic imine (C=N–C) groups is 2. The first-order valence-corrected chi connectivity index (χ1v) is 16.4. The van der Waals surface area contributed by atoms with Crippen molar-refractivity contribution in [1.29, 1.82) is 5.41 Å². The molecule has 0 radical (unpaired) electrons. The molecule has 2 amide bonds. The van der Waals surface area contributed by atoms with Crippen LogP contribution < -0.4 is 16.4 Å². The third-order valence-electron chi connectivity index (χ3n) is 11.2. The minimum absolute atomic E-state index is 0.0251. The molecule has 2 aromatic rings. The topological polar surface area (TPSA) is 144 Å². The van der Waals surface area contributed by atoms with Gasteiger partial charge in [-0.15, -0.1) is 6.42 Å². The predicted octanol–water partition coefficient (Wildman–Crippen LogP) is 3.55. The molecular weight excluding hydrogens is 588 g/mol. The van der Waals surface area contributed by atoms with Gasteiger partial charge >= 0.3 is 0 Å². The van der Waals surface area contributed by atoms with Gasteiger partial charge in [-0.2, -0.15) is 0 Å². The standard InChI is InChI=1S/C37H42N8O2/c1-3-35-20-37(21-35,22-35)32(39)29-18-28(8-9-30(29)38)45-17-13-36(34(45)47)12-16-43(23-36)19-31(46)44-14-10-26(11-15-44)25-4-6-27(7-5-25)33(40)42-24-41-2/h1,4-10,18,24,39H,11-17,19-23,38H2,2H3,(H2,40,41,42)/t35?,36-,37?/m0/s1. The number of nitrogen functional groups attached to an aromatic ring is 1. The fourth-order valence-corrected chi connectivity index (χ4v) is 8.46. The fraction of sp³-hybridized carbons (Fsp3) is 0.432. The monoisotopic (exact) mass is 630 g/mol. The minimum Gasteiger partial charge on any atom is -0.398 e. The van der Waals surface area contributed by atoms with E-state index in [1.165, 1.54) is 11.9 Å². The summed E-state index contributed by atoms with van der Waals surface area (Å²) in [5.41, 5.74) is 17.5. The Morgan fingerprint density at radius 1 is 1.11 bits per heavy atom. The average Bonchev–Trinajstić information content (AvgIpc) is 3.61. The van der Waals surface area contributed by atoms with Crippen LogP contribution >= 0.6 is 0 Å². The lowest BCUT2D eigenvalue weighted by molar-refractivity contribution is -0.132. The molecule has 1 atom stereocenters. The van der Waals surface area contributed by atoms with Crippen LogP contribution in [0.4, 0.5) is 11.4 Å². The molecule has 0 aromatic heterocycles. The number of likely N-dealkylation sites (tertiary alicyclic amines) is 1. The molecule has 1 spiro atoms. The predicted molar refractivity (Wildman–Crippen MR) is 186 cm³/mol. The van der Waals surface area contributed by atoms with Gasteiger partial charge in [0.15, 0.2) is 0 Å². The number of amidine groups is 1. The van der Waals surface area contributed by atoms with E-state index in [1.807, 2.05) is 52.3 Å². The molecule has 2 bridgehead atoms. The van der Waals surface area contributed by atoms with Crippen LogP contribution in [-0.2, 0) is 9.59 Å². The van der Waals surface area contributed by atoms with E-state index >= 15 is 0 Å². The number of rotatable bonds is 8. The second kappa shape index (κ2) is 11.5. The minimum atomic E-state index is -0.485. The van der Waals surface area contributed by atoms with Crippen molar-refractivity contribution in [1.82, 2.24) is 9.80 Å². The number of carbonyl (C=O) groups excluding carboxylic acids is 2. The van der Waals surface area contributed by atoms with Gasteiger partial charge in [0, 0.05) is 72.3 Å². The van der Waals surface area contributed by atoms with Gasteiger partial charge in [0.25, 0.3) is 0 Å². The maximum atomic E-state index is 13.9. The van der Waals surface area contributed by atoms with Crippen molar-refractivity contribution in [3.8, 4) is 12.3 Å². The molecule has 3 heterocycles. The van der Waals surface area contributed by atoms with Gasteiger partial charge in [0.2, 0.25) is 11.8 Å². The Labute approximate surface area is 276 Å². The number of anilines is 2. The lowest BCUT2D eigenvalue weighted by Gasteiger charge is -2.68. The van der Waals surface area contributed by atoms with Gasteiger partial charge in [0.1, 0.15) is 12.2 Å². The highest BCUT2D eigenvalue weighted by molar-refractivity contribution is 6.10. The third kappa shape index (κ3) is 5.23. The molecule has 3 aliphatic carbocycles. The molecule has 8 rings (SSSR count). The SMILES string of the molecule is C#CC12CC(C(=N)c3cc(N4CC[C@]5(CCN(CC(=O)N6CC=C(c7ccc(C(N)=NC=NC)cc7)CC6)C5)C4=O)ccc3N)(C1)C2. The van der Waals surface area contributed by atoms with Crippen LogP contribution in [0.3, 0.4) is 0 Å². The Balaban J connectivity index is 0.946. The molecule has 6 aliphatic rings. The van der Waals surface area contributed by atoms with Gasteiger partial charge in [-0.3, -0.25) is 19.5 Å². The fourth-order valence-electron chi connectivity index (χ4n) is 8.46. The first kappa shape index (κ1) is 30.9. The van der Waals surface area contributed by atoms with E-state index in [-0.39, 0.29) is 22.6 Å². The van der Waals surface area contributed by atoms with Crippen LogP contribution in [0.2, 0.25) is 0 Å². The summed E-state index contributed by atoms with van der Waals surface area (Å²) in [6.07, 6.45) is 14.1. The normalized spacial score (nSPS) is 28.7. The molecule has 2 aromatic carbocycles. The van der Waals surface area contributed by atoms with E-state index in [0.29, 0.717) is 55.5 Å². The van der Waals surface area contributed by atoms with Crippen molar-refractivity contribution in [2.45, 2.75) is 38.5 Å². The van der Waals surface area contributed by atoms with Crippen LogP contribution in [0.15, 0.2) is 58.5 Å². The summed E-state index contributed by atoms with van der Waals surface area (Å²) in [5, 5.41) is 8.96. The lowest BCUT2D eigenvalue weighted by Crippen LogP contribution is -2.64. The van der Waals surface area contributed by atoms with Crippen molar-refractivity contribution in [3.05, 3.63) is 65.2 Å². The molecule has 10 nitrogen and oxygen atoms in total. The van der Waals surface area contributed by atoms with Crippen LogP contribution in [0, 0.1) is 34.0 Å². The van der Waals surface area contributed by atoms with E-state index in [2.05, 4.69) is 26.9 Å². The number of nitrogens with one attached hydrogen (secondary N) is 1. The smallest absolute Gasteiger partial charge is 0.237 e. The van der Waals surface area contributed by atoms with Crippen LogP contribution in [-0.4, -0.2) is 85.8 Å². The number of carbonyl (C=O) groups is 2. The highest BCUT2D eigenvalue weighted by Crippen LogP contribution is 2.74. The van der Waals surface area contributed by atoms with Gasteiger partial charge < -0.3 is 26.7 Å². The highest BCUT2D eigenvalue weighted by Gasteiger charge is 2.69. The first-order valence-electron chi connectivity index (χ1n) is 16.4. The van der Waals surface area contributed by atoms with Gasteiger partial charge in [-0.1, -0.05) is 36.3 Å². The maximum Gasteiger partial charge on any atom is 0.237 e. The van der Waals surface area contributed by atoms with Gasteiger partial charge in [0.05, 0.1) is 12.0 Å². The summed E-state index contributed by atoms with van der Waals surface area (Å²) in [7, 11) is 1.65. The zero-order valence-electron chi connectivity index (χ0n) is 27.0. The van der Waals surface area contributed by atoms with Crippen molar-refractivity contribution in [2.24, 2.45) is 32.0 Å². The number of hydrogen-bond acceptors (Lipinski definition) is 6. The zero-order valence-corrected chi connectivity index (χ0v) is 27.0. The lowest BCUT2D eigenvalue weighted by atomic mass is 9.34. The Morgan fingerprint density at radius 2 is 1.85 bits per heavy atom. The molecule has 5 fully saturated rings. The summed E-state index contributed by atoms with van der Waals surface area (Å²) in [4.78, 5) is 41.1. The molecular formula is C37H42N8O2. The zero-order chi connectivity index (χ0) is 33.0. The van der Waals surface area contributed by atoms with E-state index in [9.17, 15) is 9.59 Å². The van der Waals surface area contributed by atoms with Crippen molar-refractivity contribution in [3.63, 3.8) is 0 Å². The average molecular weight is 631 g/mol. The highest BCUT2D eigenvalue weighted by atomic mass is 16.2. The second-order valence-corrected chi connectivity index (χ2v) is 14.1. The van der Waals surface area contributed by atoms with Crippen LogP contribution in [0.25, 0.3) is 5.57 Å². The molecule has 2 saturated heterocycles. The second-order valence-electron chi connectivity index (χ2n) is 14.1. The molecule has 10 heteroatoms. The Bertz CT molecular complexity index is 1760. The summed E-state index contributed by atoms with van der Waals surface area (Å²) in [6.45, 7) is 3.47. The summed E-state index contributed by atoms with van der Waals surface area (Å²) >= 11 is 0. The van der Waals surface area contributed by atoms with E-state index in [1.54, 1.807) is 7.05 Å².